The van der Waals surface area contributed by atoms with Crippen molar-refractivity contribution >= 4 is 5.91 Å². The second-order valence-corrected chi connectivity index (χ2v) is 6.39. The number of aryl methyl sites for hydroxylation is 1. The third-order valence-electron chi connectivity index (χ3n) is 4.06. The van der Waals surface area contributed by atoms with E-state index in [2.05, 4.69) is 9.97 Å². The molecule has 0 atom stereocenters. The number of benzene rings is 1. The van der Waals surface area contributed by atoms with Crippen molar-refractivity contribution in [3.8, 4) is 11.4 Å². The summed E-state index contributed by atoms with van der Waals surface area (Å²) in [6, 6.07) is 1.52. The minimum Gasteiger partial charge on any atom is -0.352 e. The van der Waals surface area contributed by atoms with Gasteiger partial charge in [-0.05, 0) is 19.9 Å². The number of aromatic amines is 1. The summed E-state index contributed by atoms with van der Waals surface area (Å²) in [5.74, 6) is -3.01. The van der Waals surface area contributed by atoms with Gasteiger partial charge in [0, 0.05) is 29.3 Å². The Kier molecular flexibility index (Phi) is 5.29. The standard InChI is InChI=1S/C18H19F4N3O2/c1-8(2)16(26)23-7-11-5-6-12(18(20,21)22)13(14(11)19)15-24-10(4)9(3)17(27)25-15/h5-6,8H,7H2,1-4H3,(H,23,26)(H,24,25,27)/i/hD. The Morgan fingerprint density at radius 2 is 1.96 bits per heavy atom. The molecule has 0 unspecified atom stereocenters. The van der Waals surface area contributed by atoms with Crippen LogP contribution in [0.4, 0.5) is 17.6 Å². The van der Waals surface area contributed by atoms with Crippen LogP contribution in [-0.4, -0.2) is 15.9 Å². The second-order valence-electron chi connectivity index (χ2n) is 6.39. The molecule has 0 bridgehead atoms. The lowest BCUT2D eigenvalue weighted by molar-refractivity contribution is -0.137. The minimum atomic E-state index is -4.90. The lowest BCUT2D eigenvalue weighted by atomic mass is 10.0. The fourth-order valence-electron chi connectivity index (χ4n) is 2.32. The first kappa shape index (κ1) is 19.1. The Morgan fingerprint density at radius 1 is 1.33 bits per heavy atom. The van der Waals surface area contributed by atoms with Crippen LogP contribution in [-0.2, 0) is 17.5 Å². The quantitative estimate of drug-likeness (QED) is 0.790. The predicted molar refractivity (Wildman–Crippen MR) is 91.4 cm³/mol. The summed E-state index contributed by atoms with van der Waals surface area (Å²) in [5, 5.41) is 0.483. The van der Waals surface area contributed by atoms with E-state index < -0.39 is 52.9 Å². The van der Waals surface area contributed by atoms with Gasteiger partial charge in [0.2, 0.25) is 5.91 Å². The van der Waals surface area contributed by atoms with Crippen LogP contribution in [0.1, 0.15) is 36.2 Å². The number of rotatable bonds is 4. The number of alkyl halides is 3. The van der Waals surface area contributed by atoms with Gasteiger partial charge in [-0.25, -0.2) is 9.37 Å². The van der Waals surface area contributed by atoms with Crippen molar-refractivity contribution in [1.29, 1.82) is 0 Å². The van der Waals surface area contributed by atoms with E-state index in [1.807, 2.05) is 0 Å². The molecule has 0 aliphatic rings. The monoisotopic (exact) mass is 386 g/mol. The zero-order valence-corrected chi connectivity index (χ0v) is 15.2. The maximum Gasteiger partial charge on any atom is 0.417 e. The number of nitrogens with one attached hydrogen (secondary N) is 2. The van der Waals surface area contributed by atoms with Gasteiger partial charge in [0.1, 0.15) is 11.6 Å². The van der Waals surface area contributed by atoms with Crippen LogP contribution in [0.5, 0.6) is 0 Å². The van der Waals surface area contributed by atoms with Gasteiger partial charge >= 0.3 is 6.18 Å². The van der Waals surface area contributed by atoms with Gasteiger partial charge in [0.05, 0.1) is 11.1 Å². The van der Waals surface area contributed by atoms with Crippen molar-refractivity contribution in [2.75, 3.05) is 0 Å². The topological polar surface area (TPSA) is 74.8 Å². The van der Waals surface area contributed by atoms with Gasteiger partial charge in [-0.15, -0.1) is 0 Å². The number of nitrogens with zero attached hydrogens (tertiary/aromatic N) is 1. The molecule has 2 rings (SSSR count). The van der Waals surface area contributed by atoms with Gasteiger partial charge in [0.25, 0.3) is 5.56 Å². The van der Waals surface area contributed by atoms with Gasteiger partial charge in [-0.2, -0.15) is 13.2 Å². The average Bonchev–Trinajstić information content (AvgIpc) is 2.58. The number of hydrogen-bond donors (Lipinski definition) is 2. The van der Waals surface area contributed by atoms with E-state index in [9.17, 15) is 22.8 Å². The summed E-state index contributed by atoms with van der Waals surface area (Å²) < 4.78 is 63.1. The highest BCUT2D eigenvalue weighted by atomic mass is 19.4. The van der Waals surface area contributed by atoms with Crippen LogP contribution in [0.2, 0.25) is 1.41 Å². The molecule has 1 heterocycles. The average molecular weight is 386 g/mol. The van der Waals surface area contributed by atoms with E-state index >= 15 is 4.39 Å². The summed E-state index contributed by atoms with van der Waals surface area (Å²) in [6.07, 6.45) is -4.90. The van der Waals surface area contributed by atoms with Crippen LogP contribution in [0.25, 0.3) is 11.4 Å². The molecule has 0 aliphatic carbocycles. The molecule has 1 aromatic heterocycles. The molecule has 5 nitrogen and oxygen atoms in total. The Balaban J connectivity index is 2.68. The van der Waals surface area contributed by atoms with Crippen LogP contribution < -0.4 is 10.9 Å². The smallest absolute Gasteiger partial charge is 0.352 e. The predicted octanol–water partition coefficient (Wildman–Crippen LogP) is 3.48. The molecule has 0 radical (unpaired) electrons. The summed E-state index contributed by atoms with van der Waals surface area (Å²) >= 11 is 0. The molecular weight excluding hydrogens is 366 g/mol. The van der Waals surface area contributed by atoms with Crippen molar-refractivity contribution < 1.29 is 23.8 Å². The summed E-state index contributed by atoms with van der Waals surface area (Å²) in [5.41, 5.74) is -2.85. The molecule has 0 fully saturated rings. The van der Waals surface area contributed by atoms with E-state index in [1.165, 1.54) is 13.8 Å². The summed E-state index contributed by atoms with van der Waals surface area (Å²) in [4.78, 5) is 29.9. The molecule has 9 heteroatoms. The van der Waals surface area contributed by atoms with E-state index in [0.29, 0.717) is 11.4 Å². The Hall–Kier alpha value is -2.71. The lowest BCUT2D eigenvalue weighted by Gasteiger charge is -2.17. The van der Waals surface area contributed by atoms with Crippen LogP contribution in [0.15, 0.2) is 16.9 Å². The molecule has 27 heavy (non-hydrogen) atoms. The van der Waals surface area contributed by atoms with Crippen LogP contribution in [0, 0.1) is 25.6 Å². The third-order valence-corrected chi connectivity index (χ3v) is 4.06. The van der Waals surface area contributed by atoms with Crippen LogP contribution in [0.3, 0.4) is 0 Å². The highest BCUT2D eigenvalue weighted by Gasteiger charge is 2.36. The summed E-state index contributed by atoms with van der Waals surface area (Å²) in [7, 11) is 0. The van der Waals surface area contributed by atoms with E-state index in [4.69, 9.17) is 1.41 Å². The first-order chi connectivity index (χ1) is 12.8. The zero-order chi connectivity index (χ0) is 21.4. The molecule has 0 aliphatic heterocycles. The van der Waals surface area contributed by atoms with Gasteiger partial charge in [-0.3, -0.25) is 9.59 Å². The Morgan fingerprint density at radius 3 is 2.48 bits per heavy atom. The normalized spacial score (nSPS) is 12.3. The molecule has 1 amide bonds. The van der Waals surface area contributed by atoms with Crippen molar-refractivity contribution in [3.05, 3.63) is 50.7 Å². The summed E-state index contributed by atoms with van der Waals surface area (Å²) in [6.45, 7) is 5.40. The first-order valence-electron chi connectivity index (χ1n) is 8.56. The van der Waals surface area contributed by atoms with Crippen molar-refractivity contribution in [2.45, 2.75) is 40.4 Å². The lowest BCUT2D eigenvalue weighted by Crippen LogP contribution is -2.27. The Bertz CT molecular complexity index is 971. The fraction of sp³-hybridized carbons (Fsp3) is 0.389. The number of carbonyl (C=O) groups excluding carboxylic acids is 1. The van der Waals surface area contributed by atoms with Crippen molar-refractivity contribution in [1.82, 2.24) is 15.3 Å². The van der Waals surface area contributed by atoms with Crippen molar-refractivity contribution in [3.63, 3.8) is 0 Å². The highest BCUT2D eigenvalue weighted by Crippen LogP contribution is 2.38. The number of halogens is 4. The number of amides is 1. The number of hydrogen-bond acceptors (Lipinski definition) is 3. The maximum atomic E-state index is 15.1. The van der Waals surface area contributed by atoms with E-state index in [-0.39, 0.29) is 16.8 Å². The zero-order valence-electron chi connectivity index (χ0n) is 16.2. The highest BCUT2D eigenvalue weighted by molar-refractivity contribution is 5.77. The second kappa shape index (κ2) is 7.50. The third kappa shape index (κ3) is 4.35. The first-order valence-corrected chi connectivity index (χ1v) is 8.11. The Labute approximate surface area is 154 Å². The molecule has 146 valence electrons. The minimum absolute atomic E-state index is 0.161. The van der Waals surface area contributed by atoms with Crippen molar-refractivity contribution in [2.24, 2.45) is 5.92 Å². The number of H-pyrrole nitrogens is 1. The molecule has 0 spiro atoms. The fourth-order valence-corrected chi connectivity index (χ4v) is 2.32. The van der Waals surface area contributed by atoms with Gasteiger partial charge < -0.3 is 10.3 Å². The largest absolute Gasteiger partial charge is 0.417 e. The number of aromatic nitrogens is 2. The molecule has 0 saturated heterocycles. The molecule has 2 aromatic rings. The van der Waals surface area contributed by atoms with E-state index in [1.54, 1.807) is 13.8 Å². The van der Waals surface area contributed by atoms with E-state index in [0.717, 1.165) is 6.07 Å². The molecule has 1 aromatic carbocycles. The van der Waals surface area contributed by atoms with Gasteiger partial charge in [-0.1, -0.05) is 19.9 Å². The SMILES string of the molecule is [2H]N(Cc1ccc(C(F)(F)F)c(-c2nc(C)c(C)c(=O)[nH]2)c1F)C(=O)C(C)C. The van der Waals surface area contributed by atoms with Crippen LogP contribution >= 0.6 is 0 Å². The molecule has 2 N–H and O–H groups in total. The molecule has 0 saturated carbocycles. The van der Waals surface area contributed by atoms with Gasteiger partial charge in [0.15, 0.2) is 1.41 Å². The molecular formula is C18H19F4N3O2. The maximum absolute atomic E-state index is 15.1. The number of carbonyl (C=O) groups is 1.